The third kappa shape index (κ3) is 3.30. The summed E-state index contributed by atoms with van der Waals surface area (Å²) in [5.41, 5.74) is 0.788. The molecule has 0 aliphatic carbocycles. The Morgan fingerprint density at radius 3 is 2.52 bits per heavy atom. The Hall–Kier alpha value is -2.15. The van der Waals surface area contributed by atoms with Crippen molar-refractivity contribution in [2.45, 2.75) is 13.8 Å². The molecule has 0 unspecified atom stereocenters. The van der Waals surface area contributed by atoms with Crippen LogP contribution in [0.5, 0.6) is 0 Å². The number of non-ortho nitro benzene ring substituents is 1. The standard InChI is InChI=1S/C14H15N3O3S/c1-3-15-14-16(4-2)13(18)12(21-14)9-10-5-7-11(8-6-10)17(19)20/h5-9H,3-4H2,1-2H3/b12-9-,15-14?. The van der Waals surface area contributed by atoms with E-state index in [2.05, 4.69) is 4.99 Å². The fraction of sp³-hybridized carbons (Fsp3) is 0.286. The molecule has 1 saturated heterocycles. The van der Waals surface area contributed by atoms with Gasteiger partial charge in [0.2, 0.25) is 0 Å². The van der Waals surface area contributed by atoms with Gasteiger partial charge in [0.1, 0.15) is 0 Å². The molecule has 0 atom stereocenters. The highest BCUT2D eigenvalue weighted by atomic mass is 32.2. The highest BCUT2D eigenvalue weighted by molar-refractivity contribution is 8.18. The lowest BCUT2D eigenvalue weighted by molar-refractivity contribution is -0.384. The smallest absolute Gasteiger partial charge is 0.269 e. The molecule has 1 fully saturated rings. The summed E-state index contributed by atoms with van der Waals surface area (Å²) in [5, 5.41) is 11.3. The molecule has 1 amide bonds. The number of rotatable bonds is 4. The number of carbonyl (C=O) groups excluding carboxylic acids is 1. The quantitative estimate of drug-likeness (QED) is 0.487. The number of benzene rings is 1. The topological polar surface area (TPSA) is 75.8 Å². The molecule has 1 aliphatic heterocycles. The zero-order chi connectivity index (χ0) is 15.4. The first-order chi connectivity index (χ1) is 10.1. The van der Waals surface area contributed by atoms with Crippen LogP contribution in [0.25, 0.3) is 6.08 Å². The molecule has 6 nitrogen and oxygen atoms in total. The summed E-state index contributed by atoms with van der Waals surface area (Å²) in [6.07, 6.45) is 1.73. The minimum atomic E-state index is -0.447. The molecule has 0 radical (unpaired) electrons. The molecule has 0 N–H and O–H groups in total. The van der Waals surface area contributed by atoms with Crippen molar-refractivity contribution in [2.75, 3.05) is 13.1 Å². The fourth-order valence-corrected chi connectivity index (χ4v) is 2.99. The molecule has 1 aromatic carbocycles. The van der Waals surface area contributed by atoms with Crippen LogP contribution in [0.15, 0.2) is 34.2 Å². The number of thioether (sulfide) groups is 1. The van der Waals surface area contributed by atoms with Crippen LogP contribution in [0.2, 0.25) is 0 Å². The maximum atomic E-state index is 12.2. The first-order valence-corrected chi connectivity index (χ1v) is 7.38. The van der Waals surface area contributed by atoms with Gasteiger partial charge in [-0.05, 0) is 49.4 Å². The van der Waals surface area contributed by atoms with Crippen molar-refractivity contribution in [3.63, 3.8) is 0 Å². The van der Waals surface area contributed by atoms with Gasteiger partial charge in [-0.2, -0.15) is 0 Å². The minimum absolute atomic E-state index is 0.0333. The zero-order valence-corrected chi connectivity index (χ0v) is 12.6. The molecule has 0 bridgehead atoms. The number of likely N-dealkylation sites (N-methyl/N-ethyl adjacent to an activating group) is 1. The van der Waals surface area contributed by atoms with Crippen LogP contribution in [0.3, 0.4) is 0 Å². The Bertz CT molecular complexity index is 623. The Kier molecular flexibility index (Phi) is 4.74. The van der Waals surface area contributed by atoms with Crippen molar-refractivity contribution in [3.05, 3.63) is 44.8 Å². The maximum absolute atomic E-state index is 12.2. The summed E-state index contributed by atoms with van der Waals surface area (Å²) in [6.45, 7) is 5.02. The number of carbonyl (C=O) groups is 1. The van der Waals surface area contributed by atoms with E-state index in [1.54, 1.807) is 23.1 Å². The van der Waals surface area contributed by atoms with Gasteiger partial charge in [-0.3, -0.25) is 24.8 Å². The molecule has 0 spiro atoms. The molecule has 7 heteroatoms. The second-order valence-corrected chi connectivity index (χ2v) is 5.27. The van der Waals surface area contributed by atoms with E-state index in [0.29, 0.717) is 23.2 Å². The highest BCUT2D eigenvalue weighted by Gasteiger charge is 2.31. The lowest BCUT2D eigenvalue weighted by atomic mass is 10.2. The van der Waals surface area contributed by atoms with Crippen LogP contribution in [-0.2, 0) is 4.79 Å². The van der Waals surface area contributed by atoms with Crippen LogP contribution in [0.4, 0.5) is 5.69 Å². The van der Waals surface area contributed by atoms with Crippen molar-refractivity contribution in [3.8, 4) is 0 Å². The molecular formula is C14H15N3O3S. The van der Waals surface area contributed by atoms with Crippen molar-refractivity contribution in [1.29, 1.82) is 0 Å². The van der Waals surface area contributed by atoms with Crippen molar-refractivity contribution >= 4 is 34.6 Å². The zero-order valence-electron chi connectivity index (χ0n) is 11.8. The van der Waals surface area contributed by atoms with E-state index in [0.717, 1.165) is 5.56 Å². The van der Waals surface area contributed by atoms with E-state index in [-0.39, 0.29) is 11.6 Å². The predicted molar refractivity (Wildman–Crippen MR) is 84.0 cm³/mol. The van der Waals surface area contributed by atoms with Crippen LogP contribution in [0, 0.1) is 10.1 Å². The average Bonchev–Trinajstić information content (AvgIpc) is 2.75. The van der Waals surface area contributed by atoms with Gasteiger partial charge in [0.05, 0.1) is 9.83 Å². The van der Waals surface area contributed by atoms with Crippen LogP contribution < -0.4 is 0 Å². The monoisotopic (exact) mass is 305 g/mol. The molecule has 1 aliphatic rings. The molecule has 1 heterocycles. The number of nitrogens with zero attached hydrogens (tertiary/aromatic N) is 3. The number of amides is 1. The number of hydrogen-bond donors (Lipinski definition) is 0. The summed E-state index contributed by atoms with van der Waals surface area (Å²) >= 11 is 1.33. The first-order valence-electron chi connectivity index (χ1n) is 6.57. The highest BCUT2D eigenvalue weighted by Crippen LogP contribution is 2.32. The number of nitro groups is 1. The molecular weight excluding hydrogens is 290 g/mol. The average molecular weight is 305 g/mol. The van der Waals surface area contributed by atoms with Gasteiger partial charge in [0.25, 0.3) is 11.6 Å². The Balaban J connectivity index is 2.27. The SMILES string of the molecule is CCN=C1S/C(=C\c2ccc([N+](=O)[O-])cc2)C(=O)N1CC. The van der Waals surface area contributed by atoms with E-state index < -0.39 is 4.92 Å². The summed E-state index contributed by atoms with van der Waals surface area (Å²) < 4.78 is 0. The Morgan fingerprint density at radius 2 is 2.00 bits per heavy atom. The summed E-state index contributed by atoms with van der Waals surface area (Å²) in [6, 6.07) is 6.11. The Labute approximate surface area is 126 Å². The summed E-state index contributed by atoms with van der Waals surface area (Å²) in [4.78, 5) is 28.9. The molecule has 1 aromatic rings. The number of amidine groups is 1. The number of aliphatic imine (C=N–C) groups is 1. The second-order valence-electron chi connectivity index (χ2n) is 4.27. The van der Waals surface area contributed by atoms with E-state index in [1.165, 1.54) is 23.9 Å². The molecule has 21 heavy (non-hydrogen) atoms. The van der Waals surface area contributed by atoms with E-state index in [4.69, 9.17) is 0 Å². The lowest BCUT2D eigenvalue weighted by Gasteiger charge is -2.11. The number of nitro benzene ring substituents is 1. The minimum Gasteiger partial charge on any atom is -0.287 e. The van der Waals surface area contributed by atoms with Gasteiger partial charge in [0.15, 0.2) is 5.17 Å². The second kappa shape index (κ2) is 6.53. The van der Waals surface area contributed by atoms with E-state index in [1.807, 2.05) is 13.8 Å². The van der Waals surface area contributed by atoms with Gasteiger partial charge in [-0.25, -0.2) is 0 Å². The van der Waals surface area contributed by atoms with Gasteiger partial charge in [0, 0.05) is 25.2 Å². The predicted octanol–water partition coefficient (Wildman–Crippen LogP) is 2.91. The van der Waals surface area contributed by atoms with Crippen molar-refractivity contribution < 1.29 is 9.72 Å². The molecule has 2 rings (SSSR count). The summed E-state index contributed by atoms with van der Waals surface area (Å²) in [5.74, 6) is -0.0759. The van der Waals surface area contributed by atoms with E-state index >= 15 is 0 Å². The summed E-state index contributed by atoms with van der Waals surface area (Å²) in [7, 11) is 0. The van der Waals surface area contributed by atoms with Gasteiger partial charge in [-0.1, -0.05) is 0 Å². The molecule has 0 saturated carbocycles. The van der Waals surface area contributed by atoms with Crippen molar-refractivity contribution in [1.82, 2.24) is 4.90 Å². The van der Waals surface area contributed by atoms with Gasteiger partial charge in [-0.15, -0.1) is 0 Å². The normalized spacial score (nSPS) is 18.8. The third-order valence-corrected chi connectivity index (χ3v) is 3.94. The van der Waals surface area contributed by atoms with Crippen LogP contribution in [-0.4, -0.2) is 34.0 Å². The third-order valence-electron chi connectivity index (χ3n) is 2.90. The first kappa shape index (κ1) is 15.2. The molecule has 0 aromatic heterocycles. The Morgan fingerprint density at radius 1 is 1.33 bits per heavy atom. The largest absolute Gasteiger partial charge is 0.287 e. The fourth-order valence-electron chi connectivity index (χ4n) is 1.88. The van der Waals surface area contributed by atoms with E-state index in [9.17, 15) is 14.9 Å². The molecule has 110 valence electrons. The van der Waals surface area contributed by atoms with Crippen molar-refractivity contribution in [2.24, 2.45) is 4.99 Å². The number of hydrogen-bond acceptors (Lipinski definition) is 5. The lowest BCUT2D eigenvalue weighted by Crippen LogP contribution is -2.28. The van der Waals surface area contributed by atoms with Crippen LogP contribution >= 0.6 is 11.8 Å². The van der Waals surface area contributed by atoms with Gasteiger partial charge < -0.3 is 0 Å². The maximum Gasteiger partial charge on any atom is 0.269 e. The van der Waals surface area contributed by atoms with Crippen LogP contribution in [0.1, 0.15) is 19.4 Å². The van der Waals surface area contributed by atoms with Gasteiger partial charge >= 0.3 is 0 Å².